The molecule has 0 radical (unpaired) electrons. The third-order valence-corrected chi connectivity index (χ3v) is 3.50. The second kappa shape index (κ2) is 6.52. The first-order valence-electron chi connectivity index (χ1n) is 6.11. The van der Waals surface area contributed by atoms with E-state index in [9.17, 15) is 0 Å². The van der Waals surface area contributed by atoms with Crippen molar-refractivity contribution in [1.82, 2.24) is 9.88 Å². The van der Waals surface area contributed by atoms with E-state index in [4.69, 9.17) is 0 Å². The van der Waals surface area contributed by atoms with E-state index in [1.807, 2.05) is 5.51 Å². The van der Waals surface area contributed by atoms with Crippen molar-refractivity contribution in [1.29, 1.82) is 0 Å². The van der Waals surface area contributed by atoms with Crippen LogP contribution in [0.25, 0.3) is 0 Å². The highest BCUT2D eigenvalue weighted by Crippen LogP contribution is 2.12. The molecule has 0 unspecified atom stereocenters. The molecule has 1 N–H and O–H groups in total. The summed E-state index contributed by atoms with van der Waals surface area (Å²) in [6, 6.07) is 8.38. The molecule has 1 heterocycles. The average Bonchev–Trinajstić information content (AvgIpc) is 2.84. The quantitative estimate of drug-likeness (QED) is 0.866. The second-order valence-electron chi connectivity index (χ2n) is 4.46. The second-order valence-corrected chi connectivity index (χ2v) is 5.18. The molecule has 0 aliphatic rings. The Bertz CT molecular complexity index is 468. The third-order valence-electron chi connectivity index (χ3n) is 2.87. The number of para-hydroxylation sites is 1. The van der Waals surface area contributed by atoms with Crippen LogP contribution in [0, 0.1) is 6.92 Å². The molecule has 0 bridgehead atoms. The van der Waals surface area contributed by atoms with Crippen LogP contribution in [0.2, 0.25) is 0 Å². The zero-order valence-electron chi connectivity index (χ0n) is 10.9. The van der Waals surface area contributed by atoms with E-state index >= 15 is 0 Å². The average molecular weight is 261 g/mol. The number of nitrogens with zero attached hydrogens (tertiary/aromatic N) is 2. The van der Waals surface area contributed by atoms with Crippen molar-refractivity contribution in [3.05, 3.63) is 46.4 Å². The van der Waals surface area contributed by atoms with Gasteiger partial charge in [-0.05, 0) is 25.6 Å². The van der Waals surface area contributed by atoms with E-state index < -0.39 is 0 Å². The molecular formula is C14H19N3S. The Morgan fingerprint density at radius 2 is 2.17 bits per heavy atom. The lowest BCUT2D eigenvalue weighted by molar-refractivity contribution is 0.336. The summed E-state index contributed by atoms with van der Waals surface area (Å²) in [4.78, 5) is 6.57. The van der Waals surface area contributed by atoms with Gasteiger partial charge in [0.15, 0.2) is 0 Å². The Labute approximate surface area is 112 Å². The van der Waals surface area contributed by atoms with Crippen molar-refractivity contribution < 1.29 is 0 Å². The summed E-state index contributed by atoms with van der Waals surface area (Å²) in [6.07, 6.45) is 0. The fourth-order valence-electron chi connectivity index (χ4n) is 1.82. The van der Waals surface area contributed by atoms with Gasteiger partial charge in [0.2, 0.25) is 0 Å². The molecule has 1 aromatic carbocycles. The molecule has 0 saturated carbocycles. The summed E-state index contributed by atoms with van der Waals surface area (Å²) in [7, 11) is 2.12. The molecule has 0 amide bonds. The van der Waals surface area contributed by atoms with Gasteiger partial charge in [0.1, 0.15) is 0 Å². The SMILES string of the molecule is Cc1ccccc1NCCN(C)Cc1cscn1. The van der Waals surface area contributed by atoms with Gasteiger partial charge in [0, 0.05) is 30.7 Å². The van der Waals surface area contributed by atoms with E-state index in [1.54, 1.807) is 11.3 Å². The topological polar surface area (TPSA) is 28.2 Å². The van der Waals surface area contributed by atoms with Crippen molar-refractivity contribution in [2.75, 3.05) is 25.5 Å². The van der Waals surface area contributed by atoms with Crippen LogP contribution in [0.15, 0.2) is 35.2 Å². The Morgan fingerprint density at radius 3 is 2.89 bits per heavy atom. The lowest BCUT2D eigenvalue weighted by Crippen LogP contribution is -2.25. The number of aryl methyl sites for hydroxylation is 1. The molecule has 2 rings (SSSR count). The Kier molecular flexibility index (Phi) is 4.73. The van der Waals surface area contributed by atoms with Crippen molar-refractivity contribution in [3.63, 3.8) is 0 Å². The fourth-order valence-corrected chi connectivity index (χ4v) is 2.37. The van der Waals surface area contributed by atoms with E-state index in [2.05, 4.69) is 58.8 Å². The number of anilines is 1. The number of nitrogens with one attached hydrogen (secondary N) is 1. The number of benzene rings is 1. The summed E-state index contributed by atoms with van der Waals surface area (Å²) in [5, 5.41) is 5.57. The summed E-state index contributed by atoms with van der Waals surface area (Å²) in [5.74, 6) is 0. The van der Waals surface area contributed by atoms with Crippen LogP contribution < -0.4 is 5.32 Å². The summed E-state index contributed by atoms with van der Waals surface area (Å²) < 4.78 is 0. The van der Waals surface area contributed by atoms with Gasteiger partial charge in [0.05, 0.1) is 11.2 Å². The predicted octanol–water partition coefficient (Wildman–Crippen LogP) is 3.00. The third kappa shape index (κ3) is 3.82. The van der Waals surface area contributed by atoms with Gasteiger partial charge in [-0.15, -0.1) is 11.3 Å². The van der Waals surface area contributed by atoms with Crippen LogP contribution in [0.3, 0.4) is 0 Å². The van der Waals surface area contributed by atoms with Gasteiger partial charge < -0.3 is 5.32 Å². The van der Waals surface area contributed by atoms with Gasteiger partial charge in [-0.3, -0.25) is 4.90 Å². The van der Waals surface area contributed by atoms with E-state index in [0.29, 0.717) is 0 Å². The molecule has 0 aliphatic carbocycles. The van der Waals surface area contributed by atoms with Crippen molar-refractivity contribution in [2.45, 2.75) is 13.5 Å². The fraction of sp³-hybridized carbons (Fsp3) is 0.357. The minimum absolute atomic E-state index is 0.916. The number of thiazole rings is 1. The summed E-state index contributed by atoms with van der Waals surface area (Å²) >= 11 is 1.65. The highest BCUT2D eigenvalue weighted by molar-refractivity contribution is 7.07. The van der Waals surface area contributed by atoms with Crippen molar-refractivity contribution in [2.24, 2.45) is 0 Å². The molecule has 2 aromatic rings. The molecule has 0 aliphatic heterocycles. The number of hydrogen-bond acceptors (Lipinski definition) is 4. The normalized spacial score (nSPS) is 10.8. The smallest absolute Gasteiger partial charge is 0.0795 e. The monoisotopic (exact) mass is 261 g/mol. The van der Waals surface area contributed by atoms with Crippen LogP contribution in [-0.2, 0) is 6.54 Å². The van der Waals surface area contributed by atoms with E-state index in [1.165, 1.54) is 11.3 Å². The first-order valence-corrected chi connectivity index (χ1v) is 7.05. The maximum absolute atomic E-state index is 4.29. The molecule has 0 fully saturated rings. The summed E-state index contributed by atoms with van der Waals surface area (Å²) in [6.45, 7) is 5.00. The van der Waals surface area contributed by atoms with Crippen molar-refractivity contribution in [3.8, 4) is 0 Å². The highest BCUT2D eigenvalue weighted by Gasteiger charge is 2.02. The maximum atomic E-state index is 4.29. The highest BCUT2D eigenvalue weighted by atomic mass is 32.1. The summed E-state index contributed by atoms with van der Waals surface area (Å²) in [5.41, 5.74) is 5.55. The molecular weight excluding hydrogens is 242 g/mol. The van der Waals surface area contributed by atoms with Gasteiger partial charge in [0.25, 0.3) is 0 Å². The zero-order chi connectivity index (χ0) is 12.8. The van der Waals surface area contributed by atoms with E-state index in [-0.39, 0.29) is 0 Å². The Morgan fingerprint density at radius 1 is 1.33 bits per heavy atom. The number of hydrogen-bond donors (Lipinski definition) is 1. The van der Waals surface area contributed by atoms with Crippen LogP contribution in [0.5, 0.6) is 0 Å². The molecule has 4 heteroatoms. The number of likely N-dealkylation sites (N-methyl/N-ethyl adjacent to an activating group) is 1. The van der Waals surface area contributed by atoms with Crippen LogP contribution in [0.1, 0.15) is 11.3 Å². The van der Waals surface area contributed by atoms with Crippen LogP contribution in [-0.4, -0.2) is 30.0 Å². The largest absolute Gasteiger partial charge is 0.384 e. The Hall–Kier alpha value is -1.39. The molecule has 1 aromatic heterocycles. The molecule has 3 nitrogen and oxygen atoms in total. The van der Waals surface area contributed by atoms with Gasteiger partial charge >= 0.3 is 0 Å². The van der Waals surface area contributed by atoms with Gasteiger partial charge in [-0.25, -0.2) is 4.98 Å². The standard InChI is InChI=1S/C14H19N3S/c1-12-5-3-4-6-14(12)15-7-8-17(2)9-13-10-18-11-16-13/h3-6,10-11,15H,7-9H2,1-2H3. The molecule has 0 spiro atoms. The first kappa shape index (κ1) is 13.1. The lowest BCUT2D eigenvalue weighted by atomic mass is 10.2. The van der Waals surface area contributed by atoms with Crippen molar-refractivity contribution >= 4 is 17.0 Å². The van der Waals surface area contributed by atoms with Gasteiger partial charge in [-0.2, -0.15) is 0 Å². The molecule has 18 heavy (non-hydrogen) atoms. The maximum Gasteiger partial charge on any atom is 0.0795 e. The van der Waals surface area contributed by atoms with E-state index in [0.717, 1.165) is 25.3 Å². The Balaban J connectivity index is 1.74. The minimum Gasteiger partial charge on any atom is -0.384 e. The predicted molar refractivity (Wildman–Crippen MR) is 78.1 cm³/mol. The number of rotatable bonds is 6. The zero-order valence-corrected chi connectivity index (χ0v) is 11.7. The molecule has 0 atom stereocenters. The minimum atomic E-state index is 0.916. The van der Waals surface area contributed by atoms with Crippen LogP contribution >= 0.6 is 11.3 Å². The number of aromatic nitrogens is 1. The first-order chi connectivity index (χ1) is 8.75. The molecule has 96 valence electrons. The van der Waals surface area contributed by atoms with Crippen LogP contribution in [0.4, 0.5) is 5.69 Å². The van der Waals surface area contributed by atoms with Gasteiger partial charge in [-0.1, -0.05) is 18.2 Å². The molecule has 0 saturated heterocycles. The lowest BCUT2D eigenvalue weighted by Gasteiger charge is -2.16.